The molecule has 4 aromatic rings. The Labute approximate surface area is 170 Å². The van der Waals surface area contributed by atoms with Gasteiger partial charge in [0.15, 0.2) is 0 Å². The molecule has 1 heterocycles. The minimum Gasteiger partial charge on any atom is -0.497 e. The zero-order valence-electron chi connectivity index (χ0n) is 15.1. The van der Waals surface area contributed by atoms with Crippen molar-refractivity contribution in [3.8, 4) is 22.6 Å². The van der Waals surface area contributed by atoms with E-state index < -0.39 is 0 Å². The number of hydrogen-bond acceptors (Lipinski definition) is 4. The Morgan fingerprint density at radius 2 is 1.61 bits per heavy atom. The van der Waals surface area contributed by atoms with Gasteiger partial charge in [0.1, 0.15) is 23.7 Å². The highest BCUT2D eigenvalue weighted by Gasteiger charge is 2.09. The molecule has 0 bridgehead atoms. The van der Waals surface area contributed by atoms with Gasteiger partial charge in [-0.15, -0.1) is 0 Å². The summed E-state index contributed by atoms with van der Waals surface area (Å²) in [6.07, 6.45) is 0. The van der Waals surface area contributed by atoms with Crippen molar-refractivity contribution in [3.05, 3.63) is 93.3 Å². The Bertz CT molecular complexity index is 1160. The maximum atomic E-state index is 12.4. The highest BCUT2D eigenvalue weighted by Crippen LogP contribution is 2.26. The molecule has 4 rings (SSSR count). The van der Waals surface area contributed by atoms with Crippen molar-refractivity contribution in [2.75, 3.05) is 7.11 Å². The molecule has 3 aromatic carbocycles. The van der Waals surface area contributed by atoms with Gasteiger partial charge in [-0.05, 0) is 53.6 Å². The number of rotatable bonds is 5. The van der Waals surface area contributed by atoms with Crippen LogP contribution in [0.3, 0.4) is 0 Å². The van der Waals surface area contributed by atoms with Crippen LogP contribution < -0.4 is 15.1 Å². The molecule has 0 saturated heterocycles. The molecular formula is C23H17BrO4. The largest absolute Gasteiger partial charge is 0.497 e. The first-order valence-corrected chi connectivity index (χ1v) is 9.51. The third-order valence-corrected chi connectivity index (χ3v) is 4.96. The molecule has 5 heteroatoms. The van der Waals surface area contributed by atoms with Crippen LogP contribution in [0.2, 0.25) is 0 Å². The lowest BCUT2D eigenvalue weighted by molar-refractivity contribution is 0.306. The van der Waals surface area contributed by atoms with Gasteiger partial charge in [-0.25, -0.2) is 4.79 Å². The number of methoxy groups -OCH3 is 1. The lowest BCUT2D eigenvalue weighted by Gasteiger charge is -2.08. The number of benzene rings is 3. The zero-order chi connectivity index (χ0) is 19.5. The van der Waals surface area contributed by atoms with Crippen LogP contribution in [0, 0.1) is 0 Å². The van der Waals surface area contributed by atoms with E-state index in [2.05, 4.69) is 15.9 Å². The van der Waals surface area contributed by atoms with Gasteiger partial charge >= 0.3 is 5.63 Å². The average molecular weight is 437 g/mol. The van der Waals surface area contributed by atoms with Crippen molar-refractivity contribution in [3.63, 3.8) is 0 Å². The van der Waals surface area contributed by atoms with Crippen molar-refractivity contribution >= 4 is 26.9 Å². The lowest BCUT2D eigenvalue weighted by atomic mass is 10.1. The van der Waals surface area contributed by atoms with E-state index in [1.165, 1.54) is 0 Å². The Balaban J connectivity index is 1.57. The van der Waals surface area contributed by atoms with E-state index in [1.54, 1.807) is 13.2 Å². The molecule has 0 aliphatic carbocycles. The normalized spacial score (nSPS) is 10.8. The van der Waals surface area contributed by atoms with E-state index in [9.17, 15) is 4.79 Å². The molecule has 28 heavy (non-hydrogen) atoms. The molecular weight excluding hydrogens is 420 g/mol. The molecule has 0 N–H and O–H groups in total. The van der Waals surface area contributed by atoms with E-state index in [0.717, 1.165) is 26.7 Å². The Morgan fingerprint density at radius 3 is 2.32 bits per heavy atom. The van der Waals surface area contributed by atoms with E-state index in [-0.39, 0.29) is 5.63 Å². The maximum absolute atomic E-state index is 12.4. The molecule has 0 amide bonds. The van der Waals surface area contributed by atoms with Gasteiger partial charge in [-0.3, -0.25) is 0 Å². The van der Waals surface area contributed by atoms with Gasteiger partial charge in [0, 0.05) is 15.9 Å². The summed E-state index contributed by atoms with van der Waals surface area (Å²) < 4.78 is 17.5. The second kappa shape index (κ2) is 7.90. The first-order chi connectivity index (χ1) is 13.6. The van der Waals surface area contributed by atoms with Crippen molar-refractivity contribution in [1.82, 2.24) is 0 Å². The maximum Gasteiger partial charge on any atom is 0.344 e. The summed E-state index contributed by atoms with van der Waals surface area (Å²) in [5, 5.41) is 0.842. The fourth-order valence-corrected chi connectivity index (χ4v) is 3.16. The van der Waals surface area contributed by atoms with Crippen LogP contribution in [0.4, 0.5) is 0 Å². The fourth-order valence-electron chi connectivity index (χ4n) is 2.90. The smallest absolute Gasteiger partial charge is 0.344 e. The molecule has 1 aromatic heterocycles. The Kier molecular flexibility index (Phi) is 5.17. The minimum atomic E-state index is -0.373. The van der Waals surface area contributed by atoms with E-state index in [1.807, 2.05) is 66.7 Å². The van der Waals surface area contributed by atoms with Crippen molar-refractivity contribution < 1.29 is 13.9 Å². The number of ether oxygens (including phenoxy) is 2. The summed E-state index contributed by atoms with van der Waals surface area (Å²) in [4.78, 5) is 12.4. The summed E-state index contributed by atoms with van der Waals surface area (Å²) >= 11 is 3.40. The predicted octanol–water partition coefficient (Wildman–Crippen LogP) is 5.81. The lowest BCUT2D eigenvalue weighted by Crippen LogP contribution is -2.03. The van der Waals surface area contributed by atoms with Gasteiger partial charge in [-0.1, -0.05) is 40.2 Å². The molecule has 0 fully saturated rings. The quantitative estimate of drug-likeness (QED) is 0.370. The van der Waals surface area contributed by atoms with Crippen LogP contribution in [0.15, 0.2) is 86.5 Å². The molecule has 0 spiro atoms. The second-order valence-electron chi connectivity index (χ2n) is 6.29. The molecule has 0 atom stereocenters. The highest BCUT2D eigenvalue weighted by atomic mass is 79.9. The zero-order valence-corrected chi connectivity index (χ0v) is 16.7. The minimum absolute atomic E-state index is 0.373. The van der Waals surface area contributed by atoms with Crippen LogP contribution >= 0.6 is 15.9 Å². The third kappa shape index (κ3) is 3.94. The van der Waals surface area contributed by atoms with E-state index >= 15 is 0 Å². The number of fused-ring (bicyclic) bond motifs is 1. The SMILES string of the molecule is COc1ccc(COc2ccc3cc(-c4ccc(Br)cc4)c(=O)oc3c2)cc1. The van der Waals surface area contributed by atoms with Gasteiger partial charge in [-0.2, -0.15) is 0 Å². The molecule has 0 unspecified atom stereocenters. The topological polar surface area (TPSA) is 48.7 Å². The second-order valence-corrected chi connectivity index (χ2v) is 7.21. The van der Waals surface area contributed by atoms with Crippen molar-refractivity contribution in [2.45, 2.75) is 6.61 Å². The van der Waals surface area contributed by atoms with E-state index in [0.29, 0.717) is 23.5 Å². The monoisotopic (exact) mass is 436 g/mol. The fraction of sp³-hybridized carbons (Fsp3) is 0.0870. The predicted molar refractivity (Wildman–Crippen MR) is 113 cm³/mol. The molecule has 0 saturated carbocycles. The molecule has 0 radical (unpaired) electrons. The molecule has 0 aliphatic heterocycles. The van der Waals surface area contributed by atoms with Crippen LogP contribution in [0.5, 0.6) is 11.5 Å². The first-order valence-electron chi connectivity index (χ1n) is 8.72. The first kappa shape index (κ1) is 18.3. The Morgan fingerprint density at radius 1 is 0.893 bits per heavy atom. The highest BCUT2D eigenvalue weighted by molar-refractivity contribution is 9.10. The average Bonchev–Trinajstić information content (AvgIpc) is 2.72. The third-order valence-electron chi connectivity index (χ3n) is 4.43. The standard InChI is InChI=1S/C23H17BrO4/c1-26-19-9-2-15(3-10-19)14-27-20-11-6-17-12-21(23(25)28-22(17)13-20)16-4-7-18(24)8-5-16/h2-13H,14H2,1H3. The number of halogens is 1. The van der Waals surface area contributed by atoms with Crippen LogP contribution in [-0.4, -0.2) is 7.11 Å². The molecule has 140 valence electrons. The van der Waals surface area contributed by atoms with Gasteiger partial charge in [0.2, 0.25) is 0 Å². The van der Waals surface area contributed by atoms with Gasteiger partial charge in [0.05, 0.1) is 12.7 Å². The van der Waals surface area contributed by atoms with E-state index in [4.69, 9.17) is 13.9 Å². The summed E-state index contributed by atoms with van der Waals surface area (Å²) in [6, 6.07) is 22.6. The van der Waals surface area contributed by atoms with Gasteiger partial charge in [0.25, 0.3) is 0 Å². The summed E-state index contributed by atoms with van der Waals surface area (Å²) in [5.74, 6) is 1.45. The van der Waals surface area contributed by atoms with Crippen LogP contribution in [-0.2, 0) is 6.61 Å². The Hall–Kier alpha value is -3.05. The summed E-state index contributed by atoms with van der Waals surface area (Å²) in [6.45, 7) is 0.413. The number of hydrogen-bond donors (Lipinski definition) is 0. The summed E-state index contributed by atoms with van der Waals surface area (Å²) in [5.41, 5.74) is 2.50. The van der Waals surface area contributed by atoms with Crippen molar-refractivity contribution in [2.24, 2.45) is 0 Å². The van der Waals surface area contributed by atoms with Gasteiger partial charge < -0.3 is 13.9 Å². The van der Waals surface area contributed by atoms with Crippen molar-refractivity contribution in [1.29, 1.82) is 0 Å². The molecule has 0 aliphatic rings. The summed E-state index contributed by atoms with van der Waals surface area (Å²) in [7, 11) is 1.64. The van der Waals surface area contributed by atoms with Crippen LogP contribution in [0.1, 0.15) is 5.56 Å². The molecule has 4 nitrogen and oxygen atoms in total. The van der Waals surface area contributed by atoms with Crippen LogP contribution in [0.25, 0.3) is 22.1 Å².